The van der Waals surface area contributed by atoms with Crippen molar-refractivity contribution in [2.24, 2.45) is 0 Å². The van der Waals surface area contributed by atoms with Crippen molar-refractivity contribution in [3.8, 4) is 5.75 Å². The summed E-state index contributed by atoms with van der Waals surface area (Å²) < 4.78 is 6.74. The molecule has 1 aliphatic heterocycles. The van der Waals surface area contributed by atoms with E-state index in [1.807, 2.05) is 38.1 Å². The largest absolute Gasteiger partial charge is 0.487 e. The number of nitrogens with one attached hydrogen (secondary N) is 1. The minimum Gasteiger partial charge on any atom is -0.487 e. The van der Waals surface area contributed by atoms with E-state index in [0.717, 1.165) is 27.2 Å². The number of urea groups is 1. The lowest BCUT2D eigenvalue weighted by atomic mass is 10.0. The molecule has 0 saturated carbocycles. The molecule has 4 amide bonds. The number of aryl methyl sites for hydroxylation is 2. The first-order chi connectivity index (χ1) is 17.7. The van der Waals surface area contributed by atoms with Gasteiger partial charge in [-0.05, 0) is 106 Å². The van der Waals surface area contributed by atoms with E-state index >= 15 is 0 Å². The molecule has 6 nitrogen and oxygen atoms in total. The van der Waals surface area contributed by atoms with Crippen molar-refractivity contribution in [2.45, 2.75) is 26.9 Å². The molecule has 1 aliphatic rings. The summed E-state index contributed by atoms with van der Waals surface area (Å²) in [7, 11) is 0. The fourth-order valence-corrected chi connectivity index (χ4v) is 4.64. The summed E-state index contributed by atoms with van der Waals surface area (Å²) in [6, 6.07) is 15.4. The Kier molecular flexibility index (Phi) is 7.95. The number of hydrogen-bond donors (Lipinski definition) is 1. The lowest BCUT2D eigenvalue weighted by Gasteiger charge is -2.27. The minimum atomic E-state index is -0.783. The topological polar surface area (TPSA) is 75.7 Å². The molecule has 0 atom stereocenters. The monoisotopic (exact) mass is 578 g/mol. The van der Waals surface area contributed by atoms with Crippen molar-refractivity contribution < 1.29 is 19.1 Å². The third kappa shape index (κ3) is 5.84. The molecular weight excluding hydrogens is 556 g/mol. The normalized spacial score (nSPS) is 14.6. The molecule has 0 unspecified atom stereocenters. The van der Waals surface area contributed by atoms with E-state index in [1.165, 1.54) is 6.08 Å². The number of ether oxygens (including phenoxy) is 1. The predicted molar refractivity (Wildman–Crippen MR) is 149 cm³/mol. The molecule has 0 spiro atoms. The Hall–Kier alpha value is -3.68. The van der Waals surface area contributed by atoms with Gasteiger partial charge in [0.2, 0.25) is 0 Å². The molecular formula is C29H24BrClN2O4. The fourth-order valence-electron chi connectivity index (χ4n) is 3.89. The van der Waals surface area contributed by atoms with Crippen LogP contribution in [-0.2, 0) is 22.6 Å². The van der Waals surface area contributed by atoms with Crippen molar-refractivity contribution in [3.63, 3.8) is 0 Å². The third-order valence-corrected chi connectivity index (χ3v) is 6.81. The van der Waals surface area contributed by atoms with Gasteiger partial charge in [0.25, 0.3) is 11.8 Å². The molecule has 3 aromatic carbocycles. The fraction of sp³-hybridized carbons (Fsp3) is 0.138. The molecule has 1 heterocycles. The number of amides is 4. The Morgan fingerprint density at radius 1 is 1.03 bits per heavy atom. The zero-order chi connectivity index (χ0) is 26.7. The van der Waals surface area contributed by atoms with E-state index in [2.05, 4.69) is 27.8 Å². The summed E-state index contributed by atoms with van der Waals surface area (Å²) in [6.07, 6.45) is 3.71. The van der Waals surface area contributed by atoms with Gasteiger partial charge in [0.05, 0.1) is 10.2 Å². The van der Waals surface area contributed by atoms with Gasteiger partial charge in [-0.3, -0.25) is 14.9 Å². The van der Waals surface area contributed by atoms with Crippen molar-refractivity contribution in [2.75, 3.05) is 4.90 Å². The molecule has 1 fully saturated rings. The van der Waals surface area contributed by atoms with Crippen LogP contribution in [0, 0.1) is 13.8 Å². The van der Waals surface area contributed by atoms with Gasteiger partial charge in [0.1, 0.15) is 17.9 Å². The van der Waals surface area contributed by atoms with Crippen LogP contribution >= 0.6 is 27.5 Å². The maximum absolute atomic E-state index is 13.3. The highest BCUT2D eigenvalue weighted by molar-refractivity contribution is 9.10. The number of nitrogens with zero attached hydrogens (tertiary/aromatic N) is 1. The Bertz CT molecular complexity index is 1450. The lowest BCUT2D eigenvalue weighted by molar-refractivity contribution is -0.122. The summed E-state index contributed by atoms with van der Waals surface area (Å²) in [6.45, 7) is 7.98. The second kappa shape index (κ2) is 11.2. The van der Waals surface area contributed by atoms with Crippen LogP contribution in [0.25, 0.3) is 6.08 Å². The first-order valence-electron chi connectivity index (χ1n) is 11.5. The molecule has 188 valence electrons. The number of carbonyl (C=O) groups excluding carboxylic acids is 3. The number of rotatable bonds is 7. The Morgan fingerprint density at radius 3 is 2.43 bits per heavy atom. The third-order valence-electron chi connectivity index (χ3n) is 5.96. The van der Waals surface area contributed by atoms with E-state index in [0.29, 0.717) is 39.5 Å². The van der Waals surface area contributed by atoms with E-state index in [-0.39, 0.29) is 5.57 Å². The molecule has 0 aliphatic carbocycles. The first kappa shape index (κ1) is 26.4. The van der Waals surface area contributed by atoms with Gasteiger partial charge in [-0.2, -0.15) is 0 Å². The van der Waals surface area contributed by atoms with Crippen molar-refractivity contribution in [1.82, 2.24) is 5.32 Å². The number of hydrogen-bond acceptors (Lipinski definition) is 4. The van der Waals surface area contributed by atoms with Crippen molar-refractivity contribution in [1.29, 1.82) is 0 Å². The number of allylic oxidation sites excluding steroid dienone is 1. The standard InChI is InChI=1S/C29H24BrClN2O4/c1-4-5-21-13-20(15-25(30)26(21)37-16-19-7-9-22(31)10-8-19)14-24-27(34)32-29(36)33(28(24)35)23-11-6-17(2)18(3)12-23/h4,6-15H,1,5,16H2,2-3H3,(H,32,34,36)/b24-14+. The van der Waals surface area contributed by atoms with Crippen LogP contribution in [-0.4, -0.2) is 17.8 Å². The minimum absolute atomic E-state index is 0.149. The van der Waals surface area contributed by atoms with Crippen LogP contribution in [0.1, 0.15) is 27.8 Å². The molecule has 1 saturated heterocycles. The molecule has 0 bridgehead atoms. The molecule has 8 heteroatoms. The summed E-state index contributed by atoms with van der Waals surface area (Å²) in [5, 5.41) is 2.91. The van der Waals surface area contributed by atoms with Crippen molar-refractivity contribution in [3.05, 3.63) is 110 Å². The average Bonchev–Trinajstić information content (AvgIpc) is 2.84. The number of barbiturate groups is 1. The van der Waals surface area contributed by atoms with Gasteiger partial charge in [-0.15, -0.1) is 6.58 Å². The van der Waals surface area contributed by atoms with E-state index < -0.39 is 17.8 Å². The van der Waals surface area contributed by atoms with Gasteiger partial charge >= 0.3 is 6.03 Å². The van der Waals surface area contributed by atoms with E-state index in [9.17, 15) is 14.4 Å². The van der Waals surface area contributed by atoms with Gasteiger partial charge in [-0.1, -0.05) is 35.9 Å². The summed E-state index contributed by atoms with van der Waals surface area (Å²) >= 11 is 9.53. The molecule has 0 radical (unpaired) electrons. The van der Waals surface area contributed by atoms with Crippen LogP contribution in [0.5, 0.6) is 5.75 Å². The molecule has 37 heavy (non-hydrogen) atoms. The lowest BCUT2D eigenvalue weighted by Crippen LogP contribution is -2.54. The highest BCUT2D eigenvalue weighted by Crippen LogP contribution is 2.34. The van der Waals surface area contributed by atoms with Gasteiger partial charge < -0.3 is 4.74 Å². The quantitative estimate of drug-likeness (QED) is 0.192. The van der Waals surface area contributed by atoms with Crippen LogP contribution in [0.3, 0.4) is 0 Å². The maximum atomic E-state index is 13.3. The second-order valence-electron chi connectivity index (χ2n) is 8.63. The van der Waals surface area contributed by atoms with E-state index in [4.69, 9.17) is 16.3 Å². The van der Waals surface area contributed by atoms with Crippen LogP contribution < -0.4 is 15.0 Å². The number of imide groups is 2. The zero-order valence-corrected chi connectivity index (χ0v) is 22.7. The smallest absolute Gasteiger partial charge is 0.335 e. The Morgan fingerprint density at radius 2 is 1.76 bits per heavy atom. The number of halogens is 2. The molecule has 3 aromatic rings. The highest BCUT2D eigenvalue weighted by atomic mass is 79.9. The summed E-state index contributed by atoms with van der Waals surface area (Å²) in [4.78, 5) is 39.5. The van der Waals surface area contributed by atoms with Crippen LogP contribution in [0.15, 0.2) is 77.3 Å². The van der Waals surface area contributed by atoms with Gasteiger partial charge in [-0.25, -0.2) is 9.69 Å². The van der Waals surface area contributed by atoms with Crippen LogP contribution in [0.4, 0.5) is 10.5 Å². The molecule has 0 aromatic heterocycles. The molecule has 1 N–H and O–H groups in total. The first-order valence-corrected chi connectivity index (χ1v) is 12.6. The van der Waals surface area contributed by atoms with Gasteiger partial charge in [0, 0.05) is 5.02 Å². The number of anilines is 1. The number of benzene rings is 3. The zero-order valence-electron chi connectivity index (χ0n) is 20.3. The number of carbonyl (C=O) groups is 3. The predicted octanol–water partition coefficient (Wildman–Crippen LogP) is 6.69. The van der Waals surface area contributed by atoms with E-state index in [1.54, 1.807) is 36.4 Å². The summed E-state index contributed by atoms with van der Waals surface area (Å²) in [5.74, 6) is -0.815. The van der Waals surface area contributed by atoms with Crippen molar-refractivity contribution >= 4 is 57.1 Å². The Balaban J connectivity index is 1.66. The summed E-state index contributed by atoms with van der Waals surface area (Å²) in [5.41, 5.74) is 4.55. The highest BCUT2D eigenvalue weighted by Gasteiger charge is 2.37. The van der Waals surface area contributed by atoms with Gasteiger partial charge in [0.15, 0.2) is 0 Å². The second-order valence-corrected chi connectivity index (χ2v) is 9.92. The average molecular weight is 580 g/mol. The SMILES string of the molecule is C=CCc1cc(/C=C2\C(=O)NC(=O)N(c3ccc(C)c(C)c3)C2=O)cc(Br)c1OCc1ccc(Cl)cc1. The van der Waals surface area contributed by atoms with Crippen LogP contribution in [0.2, 0.25) is 5.02 Å². The molecule has 4 rings (SSSR count). The maximum Gasteiger partial charge on any atom is 0.335 e. The Labute approximate surface area is 228 Å².